The lowest BCUT2D eigenvalue weighted by molar-refractivity contribution is -0.164. The Morgan fingerprint density at radius 2 is 1.97 bits per heavy atom. The molecule has 0 spiro atoms. The monoisotopic (exact) mass is 504 g/mol. The number of aryl methyl sites for hydroxylation is 2. The van der Waals surface area contributed by atoms with Crippen LogP contribution in [0, 0.1) is 25.1 Å². The Morgan fingerprint density at radius 1 is 1.19 bits per heavy atom. The van der Waals surface area contributed by atoms with E-state index in [2.05, 4.69) is 35.9 Å². The predicted octanol–water partition coefficient (Wildman–Crippen LogP) is 3.75. The molecule has 5 rings (SSSR count). The number of hydrogen-bond acceptors (Lipinski definition) is 7. The number of nitrogens with zero attached hydrogens (tertiary/aromatic N) is 5. The van der Waals surface area contributed by atoms with Crippen molar-refractivity contribution in [1.82, 2.24) is 35.3 Å². The lowest BCUT2D eigenvalue weighted by Gasteiger charge is -2.50. The zero-order chi connectivity index (χ0) is 26.4. The van der Waals surface area contributed by atoms with E-state index in [-0.39, 0.29) is 24.8 Å². The molecule has 4 N–H and O–H groups in total. The summed E-state index contributed by atoms with van der Waals surface area (Å²) in [5.41, 5.74) is 1.23. The number of hydrogen-bond donors (Lipinski definition) is 4. The number of halogens is 1. The molecule has 4 heterocycles. The van der Waals surface area contributed by atoms with Crippen molar-refractivity contribution < 1.29 is 14.3 Å². The number of amides is 1. The lowest BCUT2D eigenvalue weighted by atomic mass is 9.58. The number of carbonyl (C=O) groups is 1. The first kappa shape index (κ1) is 24.6. The van der Waals surface area contributed by atoms with E-state index in [1.165, 1.54) is 10.9 Å². The molecule has 0 aromatic carbocycles. The number of aromatic amines is 1. The van der Waals surface area contributed by atoms with E-state index in [1.807, 2.05) is 52.0 Å². The summed E-state index contributed by atoms with van der Waals surface area (Å²) < 4.78 is 14.6. The van der Waals surface area contributed by atoms with Crippen LogP contribution in [0.1, 0.15) is 55.2 Å². The van der Waals surface area contributed by atoms with E-state index in [9.17, 15) is 14.3 Å². The van der Waals surface area contributed by atoms with Crippen LogP contribution < -0.4 is 10.6 Å². The number of anilines is 2. The normalized spacial score (nSPS) is 21.8. The summed E-state index contributed by atoms with van der Waals surface area (Å²) in [6.45, 7) is 7.56. The maximum absolute atomic E-state index is 13.2. The molecular weight excluding hydrogens is 475 g/mol. The van der Waals surface area contributed by atoms with Gasteiger partial charge in [-0.2, -0.15) is 10.2 Å². The first-order valence-corrected chi connectivity index (χ1v) is 12.0. The van der Waals surface area contributed by atoms with Gasteiger partial charge >= 0.3 is 0 Å². The fourth-order valence-electron chi connectivity index (χ4n) is 4.83. The molecule has 1 aliphatic rings. The molecule has 0 bridgehead atoms. The van der Waals surface area contributed by atoms with Gasteiger partial charge < -0.3 is 15.7 Å². The van der Waals surface area contributed by atoms with Gasteiger partial charge in [0.25, 0.3) is 0 Å². The van der Waals surface area contributed by atoms with Gasteiger partial charge in [-0.15, -0.1) is 0 Å². The SMILES string of the molecule is Cc1cc(Nc2cc(C)[nH]n2)nc([C@]2(O)C[C@@](C)(C(=O)N[C@@H](C)c3ccc(-n4cc(F)cn4)nc3)C2)c1. The summed E-state index contributed by atoms with van der Waals surface area (Å²) in [6.07, 6.45) is 4.48. The van der Waals surface area contributed by atoms with Gasteiger partial charge in [-0.1, -0.05) is 13.0 Å². The minimum absolute atomic E-state index is 0.152. The first-order valence-electron chi connectivity index (χ1n) is 12.0. The molecule has 10 nitrogen and oxygen atoms in total. The third-order valence-electron chi connectivity index (χ3n) is 6.73. The highest BCUT2D eigenvalue weighted by Gasteiger charge is 2.57. The fraction of sp³-hybridized carbons (Fsp3) is 0.346. The maximum atomic E-state index is 13.2. The standard InChI is InChI=1S/C26H29FN8O2/c1-15-7-20(31-21(8-15)32-22-9-16(2)33-34-22)26(37)13-25(4,14-26)24(36)30-17(3)18-5-6-23(28-10-18)35-12-19(27)11-29-35/h5-12,17,37H,13-14H2,1-4H3,(H,30,36)(H2,31,32,33,34)/t17-,25-,26+/m0/s1. The molecule has 4 aromatic rings. The van der Waals surface area contributed by atoms with Crippen molar-refractivity contribution in [1.29, 1.82) is 0 Å². The van der Waals surface area contributed by atoms with Crippen molar-refractivity contribution in [2.45, 2.75) is 52.2 Å². The quantitative estimate of drug-likeness (QED) is 0.301. The molecule has 0 aliphatic heterocycles. The molecule has 192 valence electrons. The highest BCUT2D eigenvalue weighted by molar-refractivity contribution is 5.84. The Balaban J connectivity index is 1.24. The maximum Gasteiger partial charge on any atom is 0.226 e. The molecule has 0 saturated heterocycles. The second-order valence-electron chi connectivity index (χ2n) is 10.2. The molecule has 1 fully saturated rings. The Labute approximate surface area is 213 Å². The van der Waals surface area contributed by atoms with Crippen molar-refractivity contribution >= 4 is 17.5 Å². The number of pyridine rings is 2. The molecule has 4 aromatic heterocycles. The zero-order valence-corrected chi connectivity index (χ0v) is 21.1. The van der Waals surface area contributed by atoms with Gasteiger partial charge in [-0.3, -0.25) is 9.89 Å². The molecular formula is C26H29FN8O2. The first-order chi connectivity index (χ1) is 17.5. The van der Waals surface area contributed by atoms with E-state index < -0.39 is 16.8 Å². The van der Waals surface area contributed by atoms with Crippen molar-refractivity contribution in [3.8, 4) is 5.82 Å². The van der Waals surface area contributed by atoms with E-state index in [0.717, 1.165) is 23.0 Å². The average Bonchev–Trinajstić information content (AvgIpc) is 3.45. The fourth-order valence-corrected chi connectivity index (χ4v) is 4.83. The molecule has 1 saturated carbocycles. The van der Waals surface area contributed by atoms with Crippen LogP contribution in [0.3, 0.4) is 0 Å². The second-order valence-corrected chi connectivity index (χ2v) is 10.2. The average molecular weight is 505 g/mol. The summed E-state index contributed by atoms with van der Waals surface area (Å²) in [7, 11) is 0. The number of carbonyl (C=O) groups excluding carboxylic acids is 1. The third kappa shape index (κ3) is 4.94. The number of aromatic nitrogens is 6. The smallest absolute Gasteiger partial charge is 0.226 e. The Bertz CT molecular complexity index is 1440. The van der Waals surface area contributed by atoms with Gasteiger partial charge in [-0.25, -0.2) is 19.0 Å². The van der Waals surface area contributed by atoms with Crippen LogP contribution in [0.15, 0.2) is 48.9 Å². The summed E-state index contributed by atoms with van der Waals surface area (Å²) in [5.74, 6) is 1.10. The van der Waals surface area contributed by atoms with Gasteiger partial charge in [0.05, 0.1) is 29.5 Å². The van der Waals surface area contributed by atoms with Crippen LogP contribution in [0.25, 0.3) is 5.82 Å². The minimum atomic E-state index is -1.21. The molecule has 0 radical (unpaired) electrons. The summed E-state index contributed by atoms with van der Waals surface area (Å²) in [4.78, 5) is 22.1. The molecule has 11 heteroatoms. The van der Waals surface area contributed by atoms with Crippen molar-refractivity contribution in [2.24, 2.45) is 5.41 Å². The van der Waals surface area contributed by atoms with E-state index in [4.69, 9.17) is 0 Å². The summed E-state index contributed by atoms with van der Waals surface area (Å²) in [5, 5.41) is 28.5. The van der Waals surface area contributed by atoms with Gasteiger partial charge in [0.15, 0.2) is 17.5 Å². The lowest BCUT2D eigenvalue weighted by Crippen LogP contribution is -2.56. The van der Waals surface area contributed by atoms with Crippen LogP contribution in [0.2, 0.25) is 0 Å². The summed E-state index contributed by atoms with van der Waals surface area (Å²) >= 11 is 0. The minimum Gasteiger partial charge on any atom is -0.383 e. The molecule has 1 aliphatic carbocycles. The highest BCUT2D eigenvalue weighted by atomic mass is 19.1. The van der Waals surface area contributed by atoms with Crippen LogP contribution in [-0.4, -0.2) is 41.0 Å². The van der Waals surface area contributed by atoms with Gasteiger partial charge in [0.1, 0.15) is 11.4 Å². The molecule has 37 heavy (non-hydrogen) atoms. The van der Waals surface area contributed by atoms with Crippen LogP contribution in [0.4, 0.5) is 16.0 Å². The van der Waals surface area contributed by atoms with E-state index in [0.29, 0.717) is 23.1 Å². The largest absolute Gasteiger partial charge is 0.383 e. The van der Waals surface area contributed by atoms with Crippen LogP contribution in [0.5, 0.6) is 0 Å². The highest BCUT2D eigenvalue weighted by Crippen LogP contribution is 2.54. The molecule has 1 amide bonds. The van der Waals surface area contributed by atoms with Crippen molar-refractivity contribution in [2.75, 3.05) is 5.32 Å². The second kappa shape index (κ2) is 9.07. The zero-order valence-electron chi connectivity index (χ0n) is 21.1. The Hall–Kier alpha value is -4.12. The Kier molecular flexibility index (Phi) is 6.03. The van der Waals surface area contributed by atoms with Gasteiger partial charge in [0, 0.05) is 18.0 Å². The summed E-state index contributed by atoms with van der Waals surface area (Å²) in [6, 6.07) is 8.82. The van der Waals surface area contributed by atoms with E-state index in [1.54, 1.807) is 12.3 Å². The van der Waals surface area contributed by atoms with Crippen molar-refractivity contribution in [3.05, 3.63) is 77.3 Å². The number of aliphatic hydroxyl groups is 1. The van der Waals surface area contributed by atoms with E-state index >= 15 is 0 Å². The number of nitrogens with one attached hydrogen (secondary N) is 3. The van der Waals surface area contributed by atoms with Crippen LogP contribution in [-0.2, 0) is 10.4 Å². The third-order valence-corrected chi connectivity index (χ3v) is 6.73. The van der Waals surface area contributed by atoms with Gasteiger partial charge in [0.2, 0.25) is 5.91 Å². The predicted molar refractivity (Wildman–Crippen MR) is 135 cm³/mol. The van der Waals surface area contributed by atoms with Crippen LogP contribution >= 0.6 is 0 Å². The van der Waals surface area contributed by atoms with Crippen molar-refractivity contribution in [3.63, 3.8) is 0 Å². The topological polar surface area (TPSA) is 134 Å². The number of rotatable bonds is 7. The van der Waals surface area contributed by atoms with Gasteiger partial charge in [-0.05, 0) is 62.9 Å². The molecule has 0 unspecified atom stereocenters. The number of H-pyrrole nitrogens is 1. The Morgan fingerprint density at radius 3 is 2.59 bits per heavy atom. The molecule has 1 atom stereocenters.